The van der Waals surface area contributed by atoms with Gasteiger partial charge in [-0.25, -0.2) is 4.98 Å². The Kier molecular flexibility index (Phi) is 3.69. The third-order valence-electron chi connectivity index (χ3n) is 3.36. The van der Waals surface area contributed by atoms with Crippen molar-refractivity contribution < 1.29 is 0 Å². The molecule has 2 aromatic heterocycles. The Morgan fingerprint density at radius 3 is 2.67 bits per heavy atom. The average molecular weight is 279 g/mol. The molecule has 0 aliphatic heterocycles. The lowest BCUT2D eigenvalue weighted by molar-refractivity contribution is 0.787. The van der Waals surface area contributed by atoms with Gasteiger partial charge in [0.1, 0.15) is 5.82 Å². The molecule has 0 atom stereocenters. The summed E-state index contributed by atoms with van der Waals surface area (Å²) in [6, 6.07) is 13.4. The Bertz CT molecular complexity index is 803. The molecular weight excluding hydrogens is 262 g/mol. The zero-order valence-electron chi connectivity index (χ0n) is 11.9. The maximum Gasteiger partial charge on any atom is 0.181 e. The van der Waals surface area contributed by atoms with Gasteiger partial charge in [0.2, 0.25) is 0 Å². The van der Waals surface area contributed by atoms with Crippen molar-refractivity contribution in [2.75, 3.05) is 11.9 Å². The minimum absolute atomic E-state index is 0.0230. The van der Waals surface area contributed by atoms with Gasteiger partial charge >= 0.3 is 0 Å². The molecule has 0 bridgehead atoms. The predicted molar refractivity (Wildman–Crippen MR) is 85.7 cm³/mol. The number of anilines is 1. The molecule has 0 fully saturated rings. The number of nitrogens with zero attached hydrogens (tertiary/aromatic N) is 2. The molecule has 0 spiro atoms. The van der Waals surface area contributed by atoms with E-state index < -0.39 is 0 Å². The van der Waals surface area contributed by atoms with Crippen molar-refractivity contribution >= 4 is 16.7 Å². The Morgan fingerprint density at radius 2 is 1.90 bits per heavy atom. The molecule has 3 rings (SSSR count). The molecule has 2 heterocycles. The van der Waals surface area contributed by atoms with Crippen LogP contribution >= 0.6 is 0 Å². The summed E-state index contributed by atoms with van der Waals surface area (Å²) < 4.78 is 1.98. The van der Waals surface area contributed by atoms with Crippen molar-refractivity contribution in [3.8, 4) is 0 Å². The van der Waals surface area contributed by atoms with Gasteiger partial charge in [-0.05, 0) is 19.1 Å². The third kappa shape index (κ3) is 2.94. The first-order valence-corrected chi connectivity index (χ1v) is 7.05. The maximum absolute atomic E-state index is 11.2. The van der Waals surface area contributed by atoms with E-state index >= 15 is 0 Å². The number of nitrogens with one attached hydrogen (secondary N) is 1. The summed E-state index contributed by atoms with van der Waals surface area (Å²) in [5.41, 5.74) is 2.12. The minimum atomic E-state index is 0.0230. The van der Waals surface area contributed by atoms with E-state index in [4.69, 9.17) is 4.98 Å². The number of benzene rings is 1. The Hall–Kier alpha value is -2.62. The van der Waals surface area contributed by atoms with Crippen molar-refractivity contribution in [2.24, 2.45) is 0 Å². The third-order valence-corrected chi connectivity index (χ3v) is 3.36. The van der Waals surface area contributed by atoms with Gasteiger partial charge in [-0.3, -0.25) is 4.79 Å². The number of aromatic nitrogens is 2. The van der Waals surface area contributed by atoms with Crippen LogP contribution in [0.3, 0.4) is 0 Å². The molecule has 0 amide bonds. The first kappa shape index (κ1) is 13.4. The highest BCUT2D eigenvalue weighted by molar-refractivity contribution is 5.81. The molecule has 21 heavy (non-hydrogen) atoms. The molecule has 0 aliphatic carbocycles. The highest BCUT2D eigenvalue weighted by Crippen LogP contribution is 2.21. The van der Waals surface area contributed by atoms with E-state index in [1.807, 2.05) is 22.8 Å². The SMILES string of the molecule is CCNc1nc2ccccc2cc1Cn1ccc(=O)cc1. The molecule has 106 valence electrons. The van der Waals surface area contributed by atoms with Crippen LogP contribution in [-0.4, -0.2) is 16.1 Å². The van der Waals surface area contributed by atoms with Crippen LogP contribution in [0.2, 0.25) is 0 Å². The van der Waals surface area contributed by atoms with E-state index in [0.29, 0.717) is 6.54 Å². The van der Waals surface area contributed by atoms with Gasteiger partial charge in [-0.2, -0.15) is 0 Å². The van der Waals surface area contributed by atoms with Gasteiger partial charge in [0, 0.05) is 42.0 Å². The van der Waals surface area contributed by atoms with Crippen molar-refractivity contribution in [3.63, 3.8) is 0 Å². The highest BCUT2D eigenvalue weighted by Gasteiger charge is 2.06. The average Bonchev–Trinajstić information content (AvgIpc) is 2.50. The van der Waals surface area contributed by atoms with Gasteiger partial charge < -0.3 is 9.88 Å². The zero-order valence-corrected chi connectivity index (χ0v) is 11.9. The normalized spacial score (nSPS) is 10.7. The fourth-order valence-corrected chi connectivity index (χ4v) is 2.35. The van der Waals surface area contributed by atoms with E-state index in [-0.39, 0.29) is 5.43 Å². The second-order valence-corrected chi connectivity index (χ2v) is 4.93. The first-order chi connectivity index (χ1) is 10.3. The van der Waals surface area contributed by atoms with Crippen LogP contribution in [0.5, 0.6) is 0 Å². The van der Waals surface area contributed by atoms with E-state index in [9.17, 15) is 4.79 Å². The van der Waals surface area contributed by atoms with Crippen LogP contribution in [-0.2, 0) is 6.54 Å². The fraction of sp³-hybridized carbons (Fsp3) is 0.176. The summed E-state index contributed by atoms with van der Waals surface area (Å²) in [4.78, 5) is 15.9. The van der Waals surface area contributed by atoms with E-state index in [2.05, 4.69) is 24.4 Å². The van der Waals surface area contributed by atoms with Crippen LogP contribution in [0.25, 0.3) is 10.9 Å². The molecule has 1 aromatic carbocycles. The Labute approximate surface area is 123 Å². The van der Waals surface area contributed by atoms with Gasteiger partial charge in [-0.1, -0.05) is 18.2 Å². The number of pyridine rings is 2. The number of hydrogen-bond donors (Lipinski definition) is 1. The molecule has 1 N–H and O–H groups in total. The van der Waals surface area contributed by atoms with Crippen LogP contribution in [0.1, 0.15) is 12.5 Å². The topological polar surface area (TPSA) is 46.9 Å². The number of rotatable bonds is 4. The molecular formula is C17H17N3O. The summed E-state index contributed by atoms with van der Waals surface area (Å²) in [6.45, 7) is 3.56. The molecule has 4 heteroatoms. The summed E-state index contributed by atoms with van der Waals surface area (Å²) in [7, 11) is 0. The first-order valence-electron chi connectivity index (χ1n) is 7.05. The van der Waals surface area contributed by atoms with E-state index in [1.165, 1.54) is 0 Å². The number of hydrogen-bond acceptors (Lipinski definition) is 3. The monoisotopic (exact) mass is 279 g/mol. The summed E-state index contributed by atoms with van der Waals surface area (Å²) in [6.07, 6.45) is 3.60. The van der Waals surface area contributed by atoms with Gasteiger partial charge in [0.05, 0.1) is 12.1 Å². The van der Waals surface area contributed by atoms with Crippen LogP contribution in [0.4, 0.5) is 5.82 Å². The number of para-hydroxylation sites is 1. The molecule has 0 saturated carbocycles. The second-order valence-electron chi connectivity index (χ2n) is 4.93. The van der Waals surface area contributed by atoms with Gasteiger partial charge in [0.15, 0.2) is 5.43 Å². The molecule has 0 unspecified atom stereocenters. The number of fused-ring (bicyclic) bond motifs is 1. The maximum atomic E-state index is 11.2. The molecule has 4 nitrogen and oxygen atoms in total. The lowest BCUT2D eigenvalue weighted by Gasteiger charge is -2.13. The van der Waals surface area contributed by atoms with Gasteiger partial charge in [0.25, 0.3) is 0 Å². The highest BCUT2D eigenvalue weighted by atomic mass is 16.1. The van der Waals surface area contributed by atoms with Crippen molar-refractivity contribution in [3.05, 3.63) is 70.6 Å². The van der Waals surface area contributed by atoms with Gasteiger partial charge in [-0.15, -0.1) is 0 Å². The quantitative estimate of drug-likeness (QED) is 0.799. The standard InChI is InChI=1S/C17H17N3O/c1-2-18-17-14(12-20-9-7-15(21)8-10-20)11-13-5-3-4-6-16(13)19-17/h3-11H,2,12H2,1H3,(H,18,19). The van der Waals surface area contributed by atoms with Crippen LogP contribution in [0.15, 0.2) is 59.7 Å². The molecule has 0 radical (unpaired) electrons. The minimum Gasteiger partial charge on any atom is -0.370 e. The van der Waals surface area contributed by atoms with Crippen molar-refractivity contribution in [1.29, 1.82) is 0 Å². The van der Waals surface area contributed by atoms with Crippen molar-refractivity contribution in [2.45, 2.75) is 13.5 Å². The predicted octanol–water partition coefficient (Wildman–Crippen LogP) is 2.88. The van der Waals surface area contributed by atoms with Crippen molar-refractivity contribution in [1.82, 2.24) is 9.55 Å². The summed E-state index contributed by atoms with van der Waals surface area (Å²) in [5, 5.41) is 4.43. The van der Waals surface area contributed by atoms with Crippen LogP contribution < -0.4 is 10.7 Å². The van der Waals surface area contributed by atoms with E-state index in [1.54, 1.807) is 24.5 Å². The summed E-state index contributed by atoms with van der Waals surface area (Å²) in [5.74, 6) is 0.898. The van der Waals surface area contributed by atoms with E-state index in [0.717, 1.165) is 28.8 Å². The Balaban J connectivity index is 2.04. The molecule has 0 aliphatic rings. The fourth-order valence-electron chi connectivity index (χ4n) is 2.35. The largest absolute Gasteiger partial charge is 0.370 e. The summed E-state index contributed by atoms with van der Waals surface area (Å²) >= 11 is 0. The molecule has 3 aromatic rings. The molecule has 0 saturated heterocycles. The zero-order chi connectivity index (χ0) is 14.7. The lowest BCUT2D eigenvalue weighted by Crippen LogP contribution is -2.09. The lowest BCUT2D eigenvalue weighted by atomic mass is 10.1. The smallest absolute Gasteiger partial charge is 0.181 e. The Morgan fingerprint density at radius 1 is 1.14 bits per heavy atom. The van der Waals surface area contributed by atoms with Crippen LogP contribution in [0, 0.1) is 0 Å². The second kappa shape index (κ2) is 5.79.